The lowest BCUT2D eigenvalue weighted by molar-refractivity contribution is -0.144. The SMILES string of the molecule is Fc1cccc([C@@H]2C[C@H]2Nc2nc(C(F)(F)F)nc3nc[nH]c23)c1. The third-order valence-electron chi connectivity index (χ3n) is 3.93. The Morgan fingerprint density at radius 3 is 2.79 bits per heavy atom. The van der Waals surface area contributed by atoms with Gasteiger partial charge in [-0.3, -0.25) is 0 Å². The first-order valence-corrected chi connectivity index (χ1v) is 7.22. The van der Waals surface area contributed by atoms with Crippen LogP contribution in [0.4, 0.5) is 23.4 Å². The van der Waals surface area contributed by atoms with Crippen LogP contribution in [0.1, 0.15) is 23.7 Å². The van der Waals surface area contributed by atoms with E-state index in [9.17, 15) is 17.6 Å². The zero-order valence-electron chi connectivity index (χ0n) is 12.1. The maximum Gasteiger partial charge on any atom is 0.451 e. The van der Waals surface area contributed by atoms with Gasteiger partial charge in [-0.15, -0.1) is 0 Å². The molecule has 3 aromatic rings. The van der Waals surface area contributed by atoms with E-state index >= 15 is 0 Å². The Morgan fingerprint density at radius 2 is 2.04 bits per heavy atom. The van der Waals surface area contributed by atoms with Gasteiger partial charge in [-0.1, -0.05) is 12.1 Å². The summed E-state index contributed by atoms with van der Waals surface area (Å²) in [5.74, 6) is -1.50. The van der Waals surface area contributed by atoms with Crippen LogP contribution in [-0.4, -0.2) is 26.0 Å². The minimum atomic E-state index is -4.66. The van der Waals surface area contributed by atoms with Crippen LogP contribution < -0.4 is 5.32 Å². The molecule has 0 amide bonds. The van der Waals surface area contributed by atoms with Crippen molar-refractivity contribution in [1.29, 1.82) is 0 Å². The number of aromatic amines is 1. The van der Waals surface area contributed by atoms with E-state index in [1.54, 1.807) is 12.1 Å². The Morgan fingerprint density at radius 1 is 1.21 bits per heavy atom. The highest BCUT2D eigenvalue weighted by atomic mass is 19.4. The number of aromatic nitrogens is 4. The smallest absolute Gasteiger partial charge is 0.365 e. The van der Waals surface area contributed by atoms with Crippen LogP contribution in [-0.2, 0) is 6.18 Å². The first-order valence-electron chi connectivity index (χ1n) is 7.22. The number of anilines is 1. The maximum absolute atomic E-state index is 13.3. The van der Waals surface area contributed by atoms with Crippen LogP contribution in [0.3, 0.4) is 0 Å². The molecule has 1 aromatic carbocycles. The molecule has 1 saturated carbocycles. The van der Waals surface area contributed by atoms with Gasteiger partial charge < -0.3 is 10.3 Å². The van der Waals surface area contributed by atoms with E-state index in [0.717, 1.165) is 5.56 Å². The average molecular weight is 337 g/mol. The average Bonchev–Trinajstić information content (AvgIpc) is 3.11. The molecule has 1 fully saturated rings. The molecule has 5 nitrogen and oxygen atoms in total. The molecule has 124 valence electrons. The first-order chi connectivity index (χ1) is 11.4. The molecule has 0 aliphatic heterocycles. The second-order valence-corrected chi connectivity index (χ2v) is 5.64. The van der Waals surface area contributed by atoms with Gasteiger partial charge in [-0.25, -0.2) is 19.3 Å². The minimum absolute atomic E-state index is 0.0305. The summed E-state index contributed by atoms with van der Waals surface area (Å²) in [5.41, 5.74) is 1.06. The van der Waals surface area contributed by atoms with E-state index in [4.69, 9.17) is 0 Å². The highest BCUT2D eigenvalue weighted by molar-refractivity contribution is 5.82. The molecule has 4 rings (SSSR count). The van der Waals surface area contributed by atoms with Gasteiger partial charge in [-0.2, -0.15) is 13.2 Å². The topological polar surface area (TPSA) is 66.5 Å². The molecule has 0 saturated heterocycles. The number of H-pyrrole nitrogens is 1. The minimum Gasteiger partial charge on any atom is -0.365 e. The third-order valence-corrected chi connectivity index (χ3v) is 3.93. The number of rotatable bonds is 3. The van der Waals surface area contributed by atoms with Crippen molar-refractivity contribution in [3.05, 3.63) is 47.8 Å². The Bertz CT molecular complexity index is 904. The van der Waals surface area contributed by atoms with Gasteiger partial charge in [-0.05, 0) is 24.1 Å². The molecule has 2 heterocycles. The van der Waals surface area contributed by atoms with Crippen molar-refractivity contribution in [1.82, 2.24) is 19.9 Å². The molecule has 0 bridgehead atoms. The van der Waals surface area contributed by atoms with Crippen LogP contribution >= 0.6 is 0 Å². The van der Waals surface area contributed by atoms with Crippen molar-refractivity contribution < 1.29 is 17.6 Å². The molecule has 2 aromatic heterocycles. The molecule has 2 atom stereocenters. The van der Waals surface area contributed by atoms with Crippen molar-refractivity contribution in [2.45, 2.75) is 24.6 Å². The Balaban J connectivity index is 1.62. The highest BCUT2D eigenvalue weighted by Crippen LogP contribution is 2.43. The largest absolute Gasteiger partial charge is 0.451 e. The Kier molecular flexibility index (Phi) is 3.19. The van der Waals surface area contributed by atoms with Crippen LogP contribution in [0.15, 0.2) is 30.6 Å². The van der Waals surface area contributed by atoms with E-state index in [-0.39, 0.29) is 29.2 Å². The van der Waals surface area contributed by atoms with E-state index in [0.29, 0.717) is 11.9 Å². The Hall–Kier alpha value is -2.71. The van der Waals surface area contributed by atoms with Crippen molar-refractivity contribution in [3.8, 4) is 0 Å². The molecular weight excluding hydrogens is 326 g/mol. The van der Waals surface area contributed by atoms with Crippen molar-refractivity contribution in [3.63, 3.8) is 0 Å². The summed E-state index contributed by atoms with van der Waals surface area (Å²) < 4.78 is 52.0. The predicted molar refractivity (Wildman–Crippen MR) is 77.9 cm³/mol. The molecule has 1 aliphatic rings. The quantitative estimate of drug-likeness (QED) is 0.718. The Labute approximate surface area is 133 Å². The number of halogens is 4. The van der Waals surface area contributed by atoms with Gasteiger partial charge in [0.2, 0.25) is 5.82 Å². The molecule has 1 aliphatic carbocycles. The van der Waals surface area contributed by atoms with E-state index in [1.165, 1.54) is 18.5 Å². The van der Waals surface area contributed by atoms with Crippen molar-refractivity contribution >= 4 is 17.0 Å². The number of alkyl halides is 3. The summed E-state index contributed by atoms with van der Waals surface area (Å²) in [6, 6.07) is 6.07. The summed E-state index contributed by atoms with van der Waals surface area (Å²) in [4.78, 5) is 13.5. The third kappa shape index (κ3) is 2.66. The van der Waals surface area contributed by atoms with Crippen molar-refractivity contribution in [2.24, 2.45) is 0 Å². The number of benzene rings is 1. The predicted octanol–water partition coefficient (Wildman–Crippen LogP) is 3.48. The first kappa shape index (κ1) is 14.9. The number of nitrogens with zero attached hydrogens (tertiary/aromatic N) is 3. The van der Waals surface area contributed by atoms with E-state index in [2.05, 4.69) is 25.3 Å². The number of hydrogen-bond donors (Lipinski definition) is 2. The fourth-order valence-corrected chi connectivity index (χ4v) is 2.70. The molecule has 0 radical (unpaired) electrons. The molecule has 2 N–H and O–H groups in total. The highest BCUT2D eigenvalue weighted by Gasteiger charge is 2.40. The van der Waals surface area contributed by atoms with Gasteiger partial charge in [0.15, 0.2) is 11.5 Å². The molecule has 9 heteroatoms. The number of hydrogen-bond acceptors (Lipinski definition) is 4. The van der Waals surface area contributed by atoms with E-state index in [1.807, 2.05) is 0 Å². The van der Waals surface area contributed by atoms with Gasteiger partial charge in [0.1, 0.15) is 11.3 Å². The molecule has 0 unspecified atom stereocenters. The summed E-state index contributed by atoms with van der Waals surface area (Å²) >= 11 is 0. The molecule has 0 spiro atoms. The fraction of sp³-hybridized carbons (Fsp3) is 0.267. The standard InChI is InChI=1S/C15H11F4N5/c16-8-3-1-2-7(4-8)9-5-10(9)22-13-11-12(21-6-20-11)23-14(24-13)15(17,18)19/h1-4,6,9-10H,5H2,(H2,20,21,22,23,24)/t9-,10+/m0/s1. The molecule has 24 heavy (non-hydrogen) atoms. The fourth-order valence-electron chi connectivity index (χ4n) is 2.70. The number of fused-ring (bicyclic) bond motifs is 1. The monoisotopic (exact) mass is 337 g/mol. The lowest BCUT2D eigenvalue weighted by Crippen LogP contribution is -2.15. The number of imidazole rings is 1. The van der Waals surface area contributed by atoms with Crippen molar-refractivity contribution in [2.75, 3.05) is 5.32 Å². The van der Waals surface area contributed by atoms with Crippen LogP contribution in [0, 0.1) is 5.82 Å². The zero-order chi connectivity index (χ0) is 16.9. The van der Waals surface area contributed by atoms with E-state index < -0.39 is 12.0 Å². The molecular formula is C15H11F4N5. The maximum atomic E-state index is 13.3. The van der Waals surface area contributed by atoms with Gasteiger partial charge in [0, 0.05) is 12.0 Å². The van der Waals surface area contributed by atoms with Gasteiger partial charge in [0.05, 0.1) is 6.33 Å². The normalized spacial score (nSPS) is 20.3. The van der Waals surface area contributed by atoms with Gasteiger partial charge >= 0.3 is 6.18 Å². The second kappa shape index (κ2) is 5.15. The lowest BCUT2D eigenvalue weighted by atomic mass is 10.1. The second-order valence-electron chi connectivity index (χ2n) is 5.64. The lowest BCUT2D eigenvalue weighted by Gasteiger charge is -2.10. The number of nitrogens with one attached hydrogen (secondary N) is 2. The van der Waals surface area contributed by atoms with Crippen LogP contribution in [0.25, 0.3) is 11.2 Å². The van der Waals surface area contributed by atoms with Crippen LogP contribution in [0.5, 0.6) is 0 Å². The summed E-state index contributed by atoms with van der Waals surface area (Å²) in [5, 5.41) is 2.98. The summed E-state index contributed by atoms with van der Waals surface area (Å²) in [6.45, 7) is 0. The summed E-state index contributed by atoms with van der Waals surface area (Å²) in [7, 11) is 0. The van der Waals surface area contributed by atoms with Gasteiger partial charge in [0.25, 0.3) is 0 Å². The summed E-state index contributed by atoms with van der Waals surface area (Å²) in [6.07, 6.45) is -2.71. The zero-order valence-corrected chi connectivity index (χ0v) is 12.1. The van der Waals surface area contributed by atoms with Crippen LogP contribution in [0.2, 0.25) is 0 Å².